The summed E-state index contributed by atoms with van der Waals surface area (Å²) in [5, 5.41) is 0. The first-order chi connectivity index (χ1) is 18.2. The van der Waals surface area contributed by atoms with Crippen LogP contribution in [0.5, 0.6) is 11.5 Å². The molecule has 0 spiro atoms. The van der Waals surface area contributed by atoms with Gasteiger partial charge in [0.25, 0.3) is 0 Å². The Morgan fingerprint density at radius 1 is 0.632 bits per heavy atom. The third-order valence-corrected chi connectivity index (χ3v) is 5.66. The van der Waals surface area contributed by atoms with Crippen LogP contribution in [0.15, 0.2) is 97.6 Å². The fourth-order valence-corrected chi connectivity index (χ4v) is 3.43. The van der Waals surface area contributed by atoms with Gasteiger partial charge in [-0.25, -0.2) is 4.57 Å². The Morgan fingerprint density at radius 2 is 1.00 bits per heavy atom. The highest BCUT2D eigenvalue weighted by Crippen LogP contribution is 2.22. The van der Waals surface area contributed by atoms with E-state index in [0.29, 0.717) is 25.0 Å². The molecule has 0 unspecified atom stereocenters. The molecule has 8 heteroatoms. The number of hydrogen-bond acceptors (Lipinski definition) is 3. The van der Waals surface area contributed by atoms with Gasteiger partial charge in [0.2, 0.25) is 0 Å². The van der Waals surface area contributed by atoms with E-state index in [1.807, 2.05) is 77.5 Å². The molecule has 0 radical (unpaired) electrons. The van der Waals surface area contributed by atoms with E-state index in [-0.39, 0.29) is 24.0 Å². The molecular weight excluding hydrogens is 745 g/mol. The number of alkyl halides is 3. The van der Waals surface area contributed by atoms with Gasteiger partial charge >= 0.3 is 0 Å². The molecular formula is C30H34Cl2I2N2O2. The number of aromatic nitrogens is 2. The molecule has 2 heterocycles. The summed E-state index contributed by atoms with van der Waals surface area (Å²) in [6.45, 7) is 1.34. The van der Waals surface area contributed by atoms with E-state index < -0.39 is 0 Å². The molecule has 0 fully saturated rings. The SMILES string of the molecule is CI.C[n+]1ccc(-c2ccc(OCCCCl)cc2)cc1.ClCCCOc1ccc(-c2ccncc2)cc1.[I-]. The molecule has 0 saturated carbocycles. The van der Waals surface area contributed by atoms with E-state index in [1.54, 1.807) is 12.4 Å². The molecule has 2 aromatic heterocycles. The molecule has 2 aromatic carbocycles. The van der Waals surface area contributed by atoms with E-state index in [4.69, 9.17) is 32.7 Å². The van der Waals surface area contributed by atoms with Crippen LogP contribution in [0.3, 0.4) is 0 Å². The van der Waals surface area contributed by atoms with Gasteiger partial charge in [-0.1, -0.05) is 46.9 Å². The summed E-state index contributed by atoms with van der Waals surface area (Å²) < 4.78 is 13.1. The highest BCUT2D eigenvalue weighted by atomic mass is 127. The second-order valence-corrected chi connectivity index (χ2v) is 8.57. The molecule has 0 aliphatic heterocycles. The van der Waals surface area contributed by atoms with Gasteiger partial charge in [-0.05, 0) is 76.4 Å². The largest absolute Gasteiger partial charge is 1.00 e. The van der Waals surface area contributed by atoms with Gasteiger partial charge in [0.1, 0.15) is 18.5 Å². The standard InChI is InChI=1S/C15H17ClNO.C14H14ClNO.CH3I.HI/c1-17-10-7-14(8-11-17)13-3-5-15(6-4-13)18-12-2-9-16;15-8-1-11-17-14-4-2-12(3-5-14)13-6-9-16-10-7-13;1-2;/h3-8,10-11H,2,9,12H2,1H3;2-7,9-10H,1,8,11H2;1H3;1H/q+1;;;/p-1. The second kappa shape index (κ2) is 21.2. The molecule has 0 saturated heterocycles. The number of rotatable bonds is 10. The van der Waals surface area contributed by atoms with E-state index in [1.165, 1.54) is 11.1 Å². The second-order valence-electron chi connectivity index (χ2n) is 7.82. The van der Waals surface area contributed by atoms with E-state index in [0.717, 1.165) is 35.5 Å². The van der Waals surface area contributed by atoms with Crippen LogP contribution in [0.25, 0.3) is 22.3 Å². The molecule has 0 amide bonds. The van der Waals surface area contributed by atoms with Gasteiger partial charge in [0, 0.05) is 36.3 Å². The van der Waals surface area contributed by atoms with E-state index >= 15 is 0 Å². The number of ether oxygens (including phenoxy) is 2. The zero-order valence-corrected chi connectivity index (χ0v) is 27.5. The third kappa shape index (κ3) is 13.0. The Balaban J connectivity index is 0.000000349. The predicted molar refractivity (Wildman–Crippen MR) is 164 cm³/mol. The topological polar surface area (TPSA) is 35.2 Å². The molecule has 38 heavy (non-hydrogen) atoms. The summed E-state index contributed by atoms with van der Waals surface area (Å²) in [6.07, 6.45) is 9.41. The summed E-state index contributed by atoms with van der Waals surface area (Å²) in [5.74, 6) is 3.05. The van der Waals surface area contributed by atoms with Gasteiger partial charge < -0.3 is 33.5 Å². The quantitative estimate of drug-likeness (QED) is 0.0986. The minimum Gasteiger partial charge on any atom is -1.00 e. The van der Waals surface area contributed by atoms with Crippen molar-refractivity contribution in [3.8, 4) is 33.8 Å². The number of pyridine rings is 2. The van der Waals surface area contributed by atoms with Gasteiger partial charge in [-0.15, -0.1) is 23.2 Å². The maximum Gasteiger partial charge on any atom is 0.169 e. The van der Waals surface area contributed by atoms with Crippen molar-refractivity contribution in [3.63, 3.8) is 0 Å². The lowest BCUT2D eigenvalue weighted by atomic mass is 10.1. The van der Waals surface area contributed by atoms with Crippen LogP contribution < -0.4 is 38.0 Å². The molecule has 0 bridgehead atoms. The Morgan fingerprint density at radius 3 is 1.39 bits per heavy atom. The lowest BCUT2D eigenvalue weighted by molar-refractivity contribution is -0.671. The average Bonchev–Trinajstić information content (AvgIpc) is 2.96. The first-order valence-corrected chi connectivity index (χ1v) is 15.2. The van der Waals surface area contributed by atoms with Crippen molar-refractivity contribution >= 4 is 45.8 Å². The number of aryl methyl sites for hydroxylation is 1. The van der Waals surface area contributed by atoms with Crippen molar-refractivity contribution < 1.29 is 38.0 Å². The Bertz CT molecular complexity index is 1120. The molecule has 0 N–H and O–H groups in total. The predicted octanol–water partition coefficient (Wildman–Crippen LogP) is 5.00. The van der Waals surface area contributed by atoms with Crippen LogP contribution in [-0.2, 0) is 7.05 Å². The average molecular weight is 779 g/mol. The van der Waals surface area contributed by atoms with E-state index in [9.17, 15) is 0 Å². The summed E-state index contributed by atoms with van der Waals surface area (Å²) in [5.41, 5.74) is 4.73. The minimum atomic E-state index is 0. The molecule has 204 valence electrons. The first-order valence-electron chi connectivity index (χ1n) is 12.0. The molecule has 4 aromatic rings. The van der Waals surface area contributed by atoms with Crippen molar-refractivity contribution in [1.82, 2.24) is 4.98 Å². The molecule has 0 aliphatic rings. The highest BCUT2D eigenvalue weighted by molar-refractivity contribution is 14.1. The Hall–Kier alpha value is -1.62. The zero-order chi connectivity index (χ0) is 26.7. The maximum atomic E-state index is 5.60. The summed E-state index contributed by atoms with van der Waals surface area (Å²) in [4.78, 5) is 5.97. The van der Waals surface area contributed by atoms with Crippen molar-refractivity contribution in [2.45, 2.75) is 12.8 Å². The fourth-order valence-electron chi connectivity index (χ4n) is 3.21. The summed E-state index contributed by atoms with van der Waals surface area (Å²) in [7, 11) is 2.01. The summed E-state index contributed by atoms with van der Waals surface area (Å²) >= 11 is 13.3. The number of nitrogens with zero attached hydrogens (tertiary/aromatic N) is 2. The van der Waals surface area contributed by atoms with Crippen molar-refractivity contribution in [2.75, 3.05) is 29.9 Å². The van der Waals surface area contributed by atoms with Crippen molar-refractivity contribution in [3.05, 3.63) is 97.6 Å². The minimum absolute atomic E-state index is 0. The number of benzene rings is 2. The van der Waals surface area contributed by atoms with Crippen LogP contribution in [0.4, 0.5) is 0 Å². The van der Waals surface area contributed by atoms with Crippen molar-refractivity contribution in [1.29, 1.82) is 0 Å². The highest BCUT2D eigenvalue weighted by Gasteiger charge is 2.01. The zero-order valence-electron chi connectivity index (χ0n) is 21.7. The smallest absolute Gasteiger partial charge is 0.169 e. The van der Waals surface area contributed by atoms with Crippen LogP contribution in [0.1, 0.15) is 12.8 Å². The molecule has 4 rings (SSSR count). The van der Waals surface area contributed by atoms with Gasteiger partial charge in [0.15, 0.2) is 12.4 Å². The van der Waals surface area contributed by atoms with Gasteiger partial charge in [-0.2, -0.15) is 0 Å². The number of halogens is 4. The van der Waals surface area contributed by atoms with Crippen molar-refractivity contribution in [2.24, 2.45) is 7.05 Å². The molecule has 0 atom stereocenters. The van der Waals surface area contributed by atoms with Gasteiger partial charge in [-0.3, -0.25) is 4.98 Å². The summed E-state index contributed by atoms with van der Waals surface area (Å²) in [6, 6.07) is 24.4. The van der Waals surface area contributed by atoms with Crippen LogP contribution in [0, 0.1) is 0 Å². The van der Waals surface area contributed by atoms with E-state index in [2.05, 4.69) is 51.8 Å². The normalized spacial score (nSPS) is 9.61. The molecule has 0 aliphatic carbocycles. The Labute approximate surface area is 267 Å². The molecule has 4 nitrogen and oxygen atoms in total. The third-order valence-electron chi connectivity index (χ3n) is 5.13. The number of hydrogen-bond donors (Lipinski definition) is 0. The van der Waals surface area contributed by atoms with Gasteiger partial charge in [0.05, 0.1) is 13.2 Å². The first kappa shape index (κ1) is 34.4. The monoisotopic (exact) mass is 778 g/mol. The lowest BCUT2D eigenvalue weighted by Crippen LogP contribution is -3.00. The van der Waals surface area contributed by atoms with Crippen LogP contribution in [-0.4, -0.2) is 34.9 Å². The fraction of sp³-hybridized carbons (Fsp3) is 0.267. The van der Waals surface area contributed by atoms with Crippen LogP contribution >= 0.6 is 45.8 Å². The maximum absolute atomic E-state index is 5.60. The lowest BCUT2D eigenvalue weighted by Gasteiger charge is -2.06. The Kier molecular flexibility index (Phi) is 19.2. The van der Waals surface area contributed by atoms with Crippen LogP contribution in [0.2, 0.25) is 0 Å².